The van der Waals surface area contributed by atoms with Crippen LogP contribution in [0.4, 0.5) is 10.1 Å². The highest BCUT2D eigenvalue weighted by molar-refractivity contribution is 6.35. The molecule has 0 radical (unpaired) electrons. The molecule has 0 aliphatic carbocycles. The molecule has 0 unspecified atom stereocenters. The van der Waals surface area contributed by atoms with E-state index < -0.39 is 11.9 Å². The molecule has 1 aliphatic heterocycles. The quantitative estimate of drug-likeness (QED) is 0.500. The number of aliphatic hydroxyl groups excluding tert-OH is 1. The van der Waals surface area contributed by atoms with Gasteiger partial charge < -0.3 is 25.9 Å². The average Bonchev–Trinajstić information content (AvgIpc) is 3.18. The third-order valence-corrected chi connectivity index (χ3v) is 3.74. The molecular weight excluding hydrogens is 325 g/mol. The predicted molar refractivity (Wildman–Crippen MR) is 92.2 cm³/mol. The first-order chi connectivity index (χ1) is 12.0. The molecule has 6 nitrogen and oxygen atoms in total. The van der Waals surface area contributed by atoms with Gasteiger partial charge in [0.25, 0.3) is 5.91 Å². The number of hydrogen-bond donors (Lipinski definition) is 4. The van der Waals surface area contributed by atoms with Gasteiger partial charge in [-0.25, -0.2) is 4.39 Å². The maximum absolute atomic E-state index is 14.3. The van der Waals surface area contributed by atoms with Gasteiger partial charge in [0.05, 0.1) is 42.3 Å². The van der Waals surface area contributed by atoms with Crippen LogP contribution in [0.25, 0.3) is 11.6 Å². The molecule has 1 aliphatic rings. The van der Waals surface area contributed by atoms with Crippen molar-refractivity contribution < 1.29 is 19.0 Å². The van der Waals surface area contributed by atoms with Gasteiger partial charge >= 0.3 is 0 Å². The molecule has 0 saturated carbocycles. The Morgan fingerprint density at radius 3 is 2.96 bits per heavy atom. The van der Waals surface area contributed by atoms with Gasteiger partial charge in [-0.05, 0) is 24.3 Å². The SMILES string of the molecule is COc1cc[nH]c1/C=C1\C(=O)Nc2ccc(F)c(C#C[C@@H](N)CO)c21. The third-order valence-electron chi connectivity index (χ3n) is 3.74. The number of hydrogen-bond acceptors (Lipinski definition) is 4. The Balaban J connectivity index is 2.16. The minimum atomic E-state index is -0.795. The van der Waals surface area contributed by atoms with E-state index in [1.165, 1.54) is 19.2 Å². The Bertz CT molecular complexity index is 921. The molecule has 5 N–H and O–H groups in total. The molecule has 1 aromatic carbocycles. The molecular formula is C18H16FN3O3. The summed E-state index contributed by atoms with van der Waals surface area (Å²) in [6.45, 7) is -0.344. The molecule has 7 heteroatoms. The normalized spacial score (nSPS) is 15.4. The number of benzene rings is 1. The number of anilines is 1. The zero-order valence-electron chi connectivity index (χ0n) is 13.4. The summed E-state index contributed by atoms with van der Waals surface area (Å²) in [5.41, 5.74) is 7.28. The van der Waals surface area contributed by atoms with Crippen molar-refractivity contribution in [2.45, 2.75) is 6.04 Å². The second kappa shape index (κ2) is 6.81. The number of halogens is 1. The minimum Gasteiger partial charge on any atom is -0.495 e. The van der Waals surface area contributed by atoms with Crippen molar-refractivity contribution in [3.05, 3.63) is 47.0 Å². The summed E-state index contributed by atoms with van der Waals surface area (Å²) in [5, 5.41) is 11.7. The predicted octanol–water partition coefficient (Wildman–Crippen LogP) is 1.33. The van der Waals surface area contributed by atoms with Crippen LogP contribution in [0.1, 0.15) is 16.8 Å². The number of amides is 1. The summed E-state index contributed by atoms with van der Waals surface area (Å²) in [4.78, 5) is 15.3. The summed E-state index contributed by atoms with van der Waals surface area (Å²) < 4.78 is 19.5. The van der Waals surface area contributed by atoms with E-state index in [4.69, 9.17) is 15.6 Å². The number of H-pyrrole nitrogens is 1. The zero-order valence-corrected chi connectivity index (χ0v) is 13.4. The summed E-state index contributed by atoms with van der Waals surface area (Å²) in [5.74, 6) is 4.83. The molecule has 1 aromatic heterocycles. The van der Waals surface area contributed by atoms with Gasteiger partial charge in [0.1, 0.15) is 11.6 Å². The highest BCUT2D eigenvalue weighted by Crippen LogP contribution is 2.37. The molecule has 0 fully saturated rings. The number of ether oxygens (including phenoxy) is 1. The molecule has 2 aromatic rings. The Labute approximate surface area is 143 Å². The van der Waals surface area contributed by atoms with Crippen LogP contribution < -0.4 is 15.8 Å². The number of carbonyl (C=O) groups is 1. The average molecular weight is 341 g/mol. The van der Waals surface area contributed by atoms with E-state index in [9.17, 15) is 9.18 Å². The van der Waals surface area contributed by atoms with E-state index in [2.05, 4.69) is 22.1 Å². The Morgan fingerprint density at radius 1 is 1.44 bits per heavy atom. The lowest BCUT2D eigenvalue weighted by Crippen LogP contribution is -2.21. The number of aliphatic hydroxyl groups is 1. The number of aromatic amines is 1. The van der Waals surface area contributed by atoms with Crippen LogP contribution in [0.3, 0.4) is 0 Å². The largest absolute Gasteiger partial charge is 0.495 e. The van der Waals surface area contributed by atoms with Gasteiger partial charge in [-0.2, -0.15) is 0 Å². The molecule has 0 bridgehead atoms. The van der Waals surface area contributed by atoms with Crippen molar-refractivity contribution in [1.29, 1.82) is 0 Å². The fourth-order valence-corrected chi connectivity index (χ4v) is 2.54. The number of nitrogens with one attached hydrogen (secondary N) is 2. The number of nitrogens with two attached hydrogens (primary N) is 1. The third kappa shape index (κ3) is 3.13. The first kappa shape index (κ1) is 16.8. The smallest absolute Gasteiger partial charge is 0.256 e. The maximum atomic E-state index is 14.3. The standard InChI is InChI=1S/C18H16FN3O3/c1-25-16-6-7-21-15(16)8-12-17-11(3-2-10(20)9-23)13(19)4-5-14(17)22-18(12)24/h4-8,10,21,23H,9,20H2,1H3,(H,22,24)/b12-8-/t10-/m1/s1. The second-order valence-electron chi connectivity index (χ2n) is 5.38. The van der Waals surface area contributed by atoms with E-state index in [0.29, 0.717) is 22.7 Å². The van der Waals surface area contributed by atoms with Crippen molar-refractivity contribution >= 4 is 23.2 Å². The van der Waals surface area contributed by atoms with Gasteiger partial charge in [-0.15, -0.1) is 0 Å². The fraction of sp³-hybridized carbons (Fsp3) is 0.167. The van der Waals surface area contributed by atoms with Crippen LogP contribution in [0.2, 0.25) is 0 Å². The Morgan fingerprint density at radius 2 is 2.24 bits per heavy atom. The first-order valence-corrected chi connectivity index (χ1v) is 7.50. The molecule has 2 heterocycles. The summed E-state index contributed by atoms with van der Waals surface area (Å²) >= 11 is 0. The van der Waals surface area contributed by atoms with Gasteiger partial charge in [0, 0.05) is 11.8 Å². The monoisotopic (exact) mass is 341 g/mol. The summed E-state index contributed by atoms with van der Waals surface area (Å²) in [7, 11) is 1.51. The van der Waals surface area contributed by atoms with Crippen molar-refractivity contribution in [3.8, 4) is 17.6 Å². The van der Waals surface area contributed by atoms with Crippen LogP contribution in [0.15, 0.2) is 24.4 Å². The van der Waals surface area contributed by atoms with E-state index in [0.717, 1.165) is 0 Å². The van der Waals surface area contributed by atoms with Crippen molar-refractivity contribution in [2.24, 2.45) is 5.73 Å². The number of methoxy groups -OCH3 is 1. The maximum Gasteiger partial charge on any atom is 0.256 e. The van der Waals surface area contributed by atoms with Crippen LogP contribution in [0, 0.1) is 17.7 Å². The number of aromatic nitrogens is 1. The van der Waals surface area contributed by atoms with Crippen molar-refractivity contribution in [1.82, 2.24) is 4.98 Å². The molecule has 3 rings (SSSR count). The van der Waals surface area contributed by atoms with Crippen LogP contribution >= 0.6 is 0 Å². The summed E-state index contributed by atoms with van der Waals surface area (Å²) in [6, 6.07) is 3.63. The van der Waals surface area contributed by atoms with E-state index in [1.54, 1.807) is 18.3 Å². The Kier molecular flexibility index (Phi) is 4.57. The topological polar surface area (TPSA) is 100 Å². The fourth-order valence-electron chi connectivity index (χ4n) is 2.54. The molecule has 1 amide bonds. The highest BCUT2D eigenvalue weighted by Gasteiger charge is 2.28. The van der Waals surface area contributed by atoms with Gasteiger partial charge in [-0.1, -0.05) is 11.8 Å². The van der Waals surface area contributed by atoms with E-state index in [-0.39, 0.29) is 23.7 Å². The number of fused-ring (bicyclic) bond motifs is 1. The lowest BCUT2D eigenvalue weighted by atomic mass is 9.99. The molecule has 1 atom stereocenters. The first-order valence-electron chi connectivity index (χ1n) is 7.50. The number of rotatable bonds is 3. The van der Waals surface area contributed by atoms with Gasteiger partial charge in [-0.3, -0.25) is 4.79 Å². The van der Waals surface area contributed by atoms with Gasteiger partial charge in [0.15, 0.2) is 0 Å². The van der Waals surface area contributed by atoms with Crippen molar-refractivity contribution in [3.63, 3.8) is 0 Å². The number of carbonyl (C=O) groups excluding carboxylic acids is 1. The van der Waals surface area contributed by atoms with Crippen LogP contribution in [0.5, 0.6) is 5.75 Å². The second-order valence-corrected chi connectivity index (χ2v) is 5.38. The van der Waals surface area contributed by atoms with E-state index >= 15 is 0 Å². The molecule has 0 spiro atoms. The molecule has 0 saturated heterocycles. The lowest BCUT2D eigenvalue weighted by molar-refractivity contribution is -0.110. The van der Waals surface area contributed by atoms with E-state index in [1.807, 2.05) is 0 Å². The lowest BCUT2D eigenvalue weighted by Gasteiger charge is -2.05. The van der Waals surface area contributed by atoms with Crippen LogP contribution in [-0.4, -0.2) is 35.8 Å². The minimum absolute atomic E-state index is 0.0523. The zero-order chi connectivity index (χ0) is 18.0. The molecule has 25 heavy (non-hydrogen) atoms. The van der Waals surface area contributed by atoms with Gasteiger partial charge in [0.2, 0.25) is 0 Å². The van der Waals surface area contributed by atoms with Crippen LogP contribution in [-0.2, 0) is 4.79 Å². The van der Waals surface area contributed by atoms with Crippen molar-refractivity contribution in [2.75, 3.05) is 19.0 Å². The molecule has 128 valence electrons. The Hall–Kier alpha value is -3.08. The summed E-state index contributed by atoms with van der Waals surface area (Å²) in [6.07, 6.45) is 3.25. The highest BCUT2D eigenvalue weighted by atomic mass is 19.1.